The maximum atomic E-state index is 6.38. The number of benzene rings is 11. The number of aromatic nitrogens is 1. The molecule has 0 aliphatic rings. The fourth-order valence-electron chi connectivity index (χ4n) is 10.2. The Morgan fingerprint density at radius 3 is 1.66 bits per heavy atom. The van der Waals surface area contributed by atoms with Crippen LogP contribution in [0.1, 0.15) is 0 Å². The van der Waals surface area contributed by atoms with Crippen LogP contribution in [0.3, 0.4) is 0 Å². The molecule has 0 fully saturated rings. The van der Waals surface area contributed by atoms with Crippen molar-refractivity contribution in [3.8, 4) is 39.1 Å². The predicted molar refractivity (Wildman–Crippen MR) is 274 cm³/mol. The average molecular weight is 829 g/mol. The summed E-state index contributed by atoms with van der Waals surface area (Å²) in [6.45, 7) is 0. The molecular weight excluding hydrogens is 789 g/mol. The van der Waals surface area contributed by atoms with Crippen molar-refractivity contribution in [2.75, 3.05) is 4.90 Å². The van der Waals surface area contributed by atoms with E-state index in [1.54, 1.807) is 0 Å². The zero-order valence-corrected chi connectivity index (χ0v) is 35.4. The van der Waals surface area contributed by atoms with Gasteiger partial charge < -0.3 is 13.9 Å². The molecule has 2 aromatic heterocycles. The van der Waals surface area contributed by atoms with E-state index >= 15 is 0 Å². The fourth-order valence-corrected chi connectivity index (χ4v) is 10.2. The molecule has 0 aliphatic heterocycles. The van der Waals surface area contributed by atoms with Crippen molar-refractivity contribution in [2.24, 2.45) is 0 Å². The van der Waals surface area contributed by atoms with E-state index in [-0.39, 0.29) is 0 Å². The van der Waals surface area contributed by atoms with E-state index in [0.717, 1.165) is 61.4 Å². The Balaban J connectivity index is 1.10. The van der Waals surface area contributed by atoms with Gasteiger partial charge in [0.15, 0.2) is 0 Å². The molecule has 2 heterocycles. The first-order chi connectivity index (χ1) is 32.2. The van der Waals surface area contributed by atoms with Gasteiger partial charge in [-0.05, 0) is 117 Å². The highest BCUT2D eigenvalue weighted by Gasteiger charge is 2.23. The number of hydrogen-bond acceptors (Lipinski definition) is 2. The van der Waals surface area contributed by atoms with Gasteiger partial charge >= 0.3 is 0 Å². The number of anilines is 3. The fraction of sp³-hybridized carbons (Fsp3) is 0. The molecule has 3 heteroatoms. The van der Waals surface area contributed by atoms with Gasteiger partial charge in [-0.2, -0.15) is 0 Å². The zero-order valence-electron chi connectivity index (χ0n) is 35.4. The topological polar surface area (TPSA) is 21.3 Å². The molecule has 0 saturated carbocycles. The van der Waals surface area contributed by atoms with E-state index in [9.17, 15) is 0 Å². The lowest BCUT2D eigenvalue weighted by Crippen LogP contribution is -2.11. The summed E-state index contributed by atoms with van der Waals surface area (Å²) in [4.78, 5) is 2.43. The number of furan rings is 1. The predicted octanol–water partition coefficient (Wildman–Crippen LogP) is 17.5. The number of nitrogens with zero attached hydrogens (tertiary/aromatic N) is 2. The smallest absolute Gasteiger partial charge is 0.135 e. The van der Waals surface area contributed by atoms with Crippen molar-refractivity contribution < 1.29 is 4.42 Å². The second-order valence-corrected chi connectivity index (χ2v) is 16.8. The third kappa shape index (κ3) is 6.05. The van der Waals surface area contributed by atoms with Crippen LogP contribution < -0.4 is 4.90 Å². The van der Waals surface area contributed by atoms with Crippen molar-refractivity contribution in [3.05, 3.63) is 243 Å². The average Bonchev–Trinajstić information content (AvgIpc) is 3.92. The summed E-state index contributed by atoms with van der Waals surface area (Å²) in [5, 5.41) is 9.55. The third-order valence-corrected chi connectivity index (χ3v) is 13.2. The molecule has 0 radical (unpaired) electrons. The molecule has 0 unspecified atom stereocenters. The summed E-state index contributed by atoms with van der Waals surface area (Å²) in [5.74, 6) is 0. The highest BCUT2D eigenvalue weighted by molar-refractivity contribution is 6.16. The van der Waals surface area contributed by atoms with Crippen LogP contribution in [0.4, 0.5) is 17.1 Å². The lowest BCUT2D eigenvalue weighted by Gasteiger charge is -2.29. The van der Waals surface area contributed by atoms with Gasteiger partial charge in [-0.3, -0.25) is 0 Å². The zero-order chi connectivity index (χ0) is 42.8. The minimum Gasteiger partial charge on any atom is -0.456 e. The second kappa shape index (κ2) is 15.0. The number of hydrogen-bond donors (Lipinski definition) is 0. The van der Waals surface area contributed by atoms with Gasteiger partial charge in [0.25, 0.3) is 0 Å². The van der Waals surface area contributed by atoms with Crippen LogP contribution in [-0.4, -0.2) is 4.57 Å². The van der Waals surface area contributed by atoms with Gasteiger partial charge in [-0.1, -0.05) is 170 Å². The highest BCUT2D eigenvalue weighted by atomic mass is 16.3. The van der Waals surface area contributed by atoms with Crippen LogP contribution in [0.15, 0.2) is 247 Å². The number of para-hydroxylation sites is 4. The molecule has 0 amide bonds. The lowest BCUT2D eigenvalue weighted by molar-refractivity contribution is 0.669. The summed E-state index contributed by atoms with van der Waals surface area (Å²) in [6.07, 6.45) is 0. The largest absolute Gasteiger partial charge is 0.456 e. The maximum Gasteiger partial charge on any atom is 0.135 e. The van der Waals surface area contributed by atoms with Gasteiger partial charge in [0, 0.05) is 44.0 Å². The van der Waals surface area contributed by atoms with E-state index in [4.69, 9.17) is 4.42 Å². The van der Waals surface area contributed by atoms with Gasteiger partial charge in [0.1, 0.15) is 11.2 Å². The first-order valence-electron chi connectivity index (χ1n) is 22.2. The molecule has 3 nitrogen and oxygen atoms in total. The number of fused-ring (bicyclic) bond motifs is 9. The minimum atomic E-state index is 0.868. The van der Waals surface area contributed by atoms with Crippen LogP contribution in [0, 0.1) is 0 Å². The van der Waals surface area contributed by atoms with Crippen molar-refractivity contribution in [1.82, 2.24) is 4.57 Å². The molecule has 0 bridgehead atoms. The molecule has 0 atom stereocenters. The summed E-state index contributed by atoms with van der Waals surface area (Å²) >= 11 is 0. The molecule has 0 aliphatic carbocycles. The van der Waals surface area contributed by atoms with E-state index in [0.29, 0.717) is 0 Å². The maximum absolute atomic E-state index is 6.38. The van der Waals surface area contributed by atoms with Gasteiger partial charge in [-0.15, -0.1) is 0 Å². The molecule has 13 aromatic rings. The van der Waals surface area contributed by atoms with Crippen LogP contribution in [-0.2, 0) is 0 Å². The van der Waals surface area contributed by atoms with E-state index in [1.807, 2.05) is 12.1 Å². The first-order valence-corrected chi connectivity index (χ1v) is 22.2. The summed E-state index contributed by atoms with van der Waals surface area (Å²) in [5.41, 5.74) is 15.4. The first kappa shape index (κ1) is 36.9. The lowest BCUT2D eigenvalue weighted by atomic mass is 9.90. The van der Waals surface area contributed by atoms with Gasteiger partial charge in [0.05, 0.1) is 22.4 Å². The Bertz CT molecular complexity index is 3900. The quantitative estimate of drug-likeness (QED) is 0.149. The molecule has 304 valence electrons. The Morgan fingerprint density at radius 2 is 0.877 bits per heavy atom. The van der Waals surface area contributed by atoms with Crippen LogP contribution in [0.2, 0.25) is 0 Å². The molecular formula is C62H40N2O. The van der Waals surface area contributed by atoms with E-state index in [1.165, 1.54) is 60.0 Å². The van der Waals surface area contributed by atoms with E-state index in [2.05, 4.69) is 240 Å². The van der Waals surface area contributed by atoms with Gasteiger partial charge in [0.2, 0.25) is 0 Å². The number of rotatable bonds is 7. The summed E-state index contributed by atoms with van der Waals surface area (Å²) in [6, 6.07) is 88.0. The van der Waals surface area contributed by atoms with Crippen molar-refractivity contribution in [3.63, 3.8) is 0 Å². The molecule has 0 N–H and O–H groups in total. The summed E-state index contributed by atoms with van der Waals surface area (Å²) in [7, 11) is 0. The van der Waals surface area contributed by atoms with Crippen LogP contribution in [0.25, 0.3) is 104 Å². The van der Waals surface area contributed by atoms with Gasteiger partial charge in [-0.25, -0.2) is 0 Å². The summed E-state index contributed by atoms with van der Waals surface area (Å²) < 4.78 is 8.82. The van der Waals surface area contributed by atoms with E-state index < -0.39 is 0 Å². The Morgan fingerprint density at radius 1 is 0.308 bits per heavy atom. The highest BCUT2D eigenvalue weighted by Crippen LogP contribution is 2.48. The Labute approximate surface area is 376 Å². The monoisotopic (exact) mass is 828 g/mol. The molecule has 0 saturated heterocycles. The minimum absolute atomic E-state index is 0.868. The standard InChI is InChI=1S/C62H40N2O/c1-2-16-41(17-3-1)42-30-33-45(34-31-42)63(46-35-37-62-56(40-46)53-25-11-15-29-61(53)65-62)60-36-32-44(39-55(60)54-38-43-18-4-5-19-47(43)49-21-6-7-22-50(49)54)48-20-8-12-26-57(48)64-58-27-13-9-23-51(58)52-24-10-14-28-59(52)64/h1-40H. The van der Waals surface area contributed by atoms with Crippen LogP contribution in [0.5, 0.6) is 0 Å². The van der Waals surface area contributed by atoms with Crippen molar-refractivity contribution in [2.45, 2.75) is 0 Å². The third-order valence-electron chi connectivity index (χ3n) is 13.2. The van der Waals surface area contributed by atoms with Crippen LogP contribution >= 0.6 is 0 Å². The Kier molecular flexibility index (Phi) is 8.53. The molecule has 13 rings (SSSR count). The van der Waals surface area contributed by atoms with Crippen molar-refractivity contribution in [1.29, 1.82) is 0 Å². The molecule has 11 aromatic carbocycles. The van der Waals surface area contributed by atoms with Crippen molar-refractivity contribution >= 4 is 82.4 Å². The SMILES string of the molecule is c1ccc(-c2ccc(N(c3ccc4oc5ccccc5c4c3)c3ccc(-c4ccccc4-n4c5ccccc5c5ccccc54)cc3-c3cc4ccccc4c4ccccc34)cc2)cc1. The second-order valence-electron chi connectivity index (χ2n) is 16.8. The normalized spacial score (nSPS) is 11.7. The molecule has 0 spiro atoms. The molecule has 65 heavy (non-hydrogen) atoms. The Hall–Kier alpha value is -8.66.